The number of nitrogens with two attached hydrogens (primary N) is 1. The van der Waals surface area contributed by atoms with Gasteiger partial charge in [-0.2, -0.15) is 0 Å². The first kappa shape index (κ1) is 16.1. The Balaban J connectivity index is 1.70. The molecule has 4 atom stereocenters. The fourth-order valence-corrected chi connectivity index (χ4v) is 5.61. The number of hydrogen-bond donors (Lipinski definition) is 1. The van der Waals surface area contributed by atoms with Crippen molar-refractivity contribution in [2.75, 3.05) is 6.54 Å². The Bertz CT molecular complexity index is 668. The quantitative estimate of drug-likeness (QED) is 0.861. The van der Waals surface area contributed by atoms with Gasteiger partial charge in [0.25, 0.3) is 0 Å². The van der Waals surface area contributed by atoms with Crippen LogP contribution in [-0.4, -0.2) is 29.4 Å². The van der Waals surface area contributed by atoms with E-state index in [0.717, 1.165) is 38.6 Å². The van der Waals surface area contributed by atoms with Gasteiger partial charge in [-0.3, -0.25) is 4.79 Å². The highest BCUT2D eigenvalue weighted by atomic mass is 16.2. The van der Waals surface area contributed by atoms with Crippen LogP contribution in [0.25, 0.3) is 0 Å². The largest absolute Gasteiger partial charge is 0.339 e. The lowest BCUT2D eigenvalue weighted by Crippen LogP contribution is -2.65. The molecule has 0 radical (unpaired) electrons. The van der Waals surface area contributed by atoms with Crippen molar-refractivity contribution in [3.63, 3.8) is 0 Å². The van der Waals surface area contributed by atoms with Crippen LogP contribution < -0.4 is 5.73 Å². The van der Waals surface area contributed by atoms with Crippen molar-refractivity contribution in [2.24, 2.45) is 17.1 Å². The van der Waals surface area contributed by atoms with E-state index in [1.165, 1.54) is 11.1 Å². The standard InChI is InChI=1S/C21H30N2O/c1-20(2)18-13-14-6-4-5-7-17(14)21(20,3)10-11-23(18)19(24)15-8-9-16(22)12-15/h4-7,15-16,18H,8-13,22H2,1-3H3/t15-,16-,18-,21+/m1/s1. The van der Waals surface area contributed by atoms with E-state index in [0.29, 0.717) is 11.9 Å². The molecule has 1 aromatic rings. The second-order valence-electron chi connectivity index (χ2n) is 8.98. The maximum Gasteiger partial charge on any atom is 0.226 e. The van der Waals surface area contributed by atoms with Crippen LogP contribution in [0.1, 0.15) is 57.6 Å². The Morgan fingerprint density at radius 2 is 1.96 bits per heavy atom. The van der Waals surface area contributed by atoms with Crippen LogP contribution in [-0.2, 0) is 16.6 Å². The van der Waals surface area contributed by atoms with Gasteiger partial charge >= 0.3 is 0 Å². The lowest BCUT2D eigenvalue weighted by Gasteiger charge is -2.61. The Labute approximate surface area is 145 Å². The van der Waals surface area contributed by atoms with E-state index >= 15 is 0 Å². The van der Waals surface area contributed by atoms with Gasteiger partial charge in [0.15, 0.2) is 0 Å². The maximum absolute atomic E-state index is 13.2. The van der Waals surface area contributed by atoms with Crippen molar-refractivity contribution in [1.82, 2.24) is 4.90 Å². The van der Waals surface area contributed by atoms with Gasteiger partial charge in [0, 0.05) is 30.0 Å². The molecule has 1 aliphatic heterocycles. The second kappa shape index (κ2) is 5.32. The average Bonchev–Trinajstić information content (AvgIpc) is 2.97. The molecule has 0 spiro atoms. The minimum Gasteiger partial charge on any atom is -0.339 e. The molecule has 1 saturated heterocycles. The van der Waals surface area contributed by atoms with Gasteiger partial charge in [-0.15, -0.1) is 0 Å². The summed E-state index contributed by atoms with van der Waals surface area (Å²) in [6.07, 6.45) is 4.88. The molecule has 3 heteroatoms. The lowest BCUT2D eigenvalue weighted by atomic mass is 9.51. The van der Waals surface area contributed by atoms with E-state index in [1.807, 2.05) is 0 Å². The summed E-state index contributed by atoms with van der Waals surface area (Å²) < 4.78 is 0. The van der Waals surface area contributed by atoms with E-state index < -0.39 is 0 Å². The van der Waals surface area contributed by atoms with Crippen molar-refractivity contribution in [1.29, 1.82) is 0 Å². The van der Waals surface area contributed by atoms with E-state index in [1.54, 1.807) is 0 Å². The second-order valence-corrected chi connectivity index (χ2v) is 8.98. The van der Waals surface area contributed by atoms with Crippen LogP contribution >= 0.6 is 0 Å². The summed E-state index contributed by atoms with van der Waals surface area (Å²) in [6.45, 7) is 8.04. The van der Waals surface area contributed by atoms with Gasteiger partial charge in [0.2, 0.25) is 5.91 Å². The van der Waals surface area contributed by atoms with E-state index in [2.05, 4.69) is 49.9 Å². The topological polar surface area (TPSA) is 46.3 Å². The highest BCUT2D eigenvalue weighted by Gasteiger charge is 2.57. The van der Waals surface area contributed by atoms with Crippen molar-refractivity contribution < 1.29 is 4.79 Å². The molecule has 0 unspecified atom stereocenters. The van der Waals surface area contributed by atoms with Crippen LogP contribution in [0.3, 0.4) is 0 Å². The Hall–Kier alpha value is -1.35. The first-order valence-electron chi connectivity index (χ1n) is 9.49. The van der Waals surface area contributed by atoms with Crippen LogP contribution in [0, 0.1) is 11.3 Å². The molecule has 1 saturated carbocycles. The van der Waals surface area contributed by atoms with Crippen molar-refractivity contribution in [3.8, 4) is 0 Å². The molecule has 1 aromatic carbocycles. The summed E-state index contributed by atoms with van der Waals surface area (Å²) in [5, 5.41) is 0. The normalized spacial score (nSPS) is 37.2. The summed E-state index contributed by atoms with van der Waals surface area (Å²) in [6, 6.07) is 9.39. The third kappa shape index (κ3) is 2.10. The molecule has 2 N–H and O–H groups in total. The zero-order valence-corrected chi connectivity index (χ0v) is 15.2. The van der Waals surface area contributed by atoms with Crippen LogP contribution in [0.4, 0.5) is 0 Å². The Kier molecular flexibility index (Phi) is 3.58. The van der Waals surface area contributed by atoms with Crippen molar-refractivity contribution >= 4 is 5.91 Å². The number of rotatable bonds is 1. The molecule has 1 heterocycles. The third-order valence-electron chi connectivity index (χ3n) is 7.61. The SMILES string of the molecule is CC1(C)[C@H]2Cc3ccccc3[C@]1(C)CCN2C(=O)[C@@H]1CC[C@@H](N)C1. The summed E-state index contributed by atoms with van der Waals surface area (Å²) in [5.41, 5.74) is 9.24. The van der Waals surface area contributed by atoms with E-state index in [4.69, 9.17) is 5.73 Å². The molecule has 24 heavy (non-hydrogen) atoms. The molecule has 2 fully saturated rings. The summed E-state index contributed by atoms with van der Waals surface area (Å²) in [4.78, 5) is 15.4. The number of nitrogens with zero attached hydrogens (tertiary/aromatic N) is 1. The number of likely N-dealkylation sites (tertiary alicyclic amines) is 1. The molecule has 2 aliphatic carbocycles. The number of benzene rings is 1. The first-order valence-corrected chi connectivity index (χ1v) is 9.49. The summed E-state index contributed by atoms with van der Waals surface area (Å²) >= 11 is 0. The van der Waals surface area contributed by atoms with E-state index in [-0.39, 0.29) is 22.8 Å². The first-order chi connectivity index (χ1) is 11.3. The molecule has 2 bridgehead atoms. The lowest BCUT2D eigenvalue weighted by molar-refractivity contribution is -0.148. The van der Waals surface area contributed by atoms with Gasteiger partial charge in [0.1, 0.15) is 0 Å². The molecule has 0 aromatic heterocycles. The summed E-state index contributed by atoms with van der Waals surface area (Å²) in [5.74, 6) is 0.514. The van der Waals surface area contributed by atoms with Gasteiger partial charge in [-0.05, 0) is 48.6 Å². The predicted molar refractivity (Wildman–Crippen MR) is 96.7 cm³/mol. The van der Waals surface area contributed by atoms with Crippen molar-refractivity contribution in [3.05, 3.63) is 35.4 Å². The number of piperidine rings is 1. The minimum absolute atomic E-state index is 0.0932. The molecule has 3 aliphatic rings. The predicted octanol–water partition coefficient (Wildman–Crippen LogP) is 3.25. The molecule has 3 nitrogen and oxygen atoms in total. The number of fused-ring (bicyclic) bond motifs is 4. The van der Waals surface area contributed by atoms with Crippen LogP contribution in [0.2, 0.25) is 0 Å². The maximum atomic E-state index is 13.2. The van der Waals surface area contributed by atoms with E-state index in [9.17, 15) is 4.79 Å². The fraction of sp³-hybridized carbons (Fsp3) is 0.667. The monoisotopic (exact) mass is 326 g/mol. The van der Waals surface area contributed by atoms with Crippen LogP contribution in [0.5, 0.6) is 0 Å². The highest BCUT2D eigenvalue weighted by molar-refractivity contribution is 5.80. The average molecular weight is 326 g/mol. The number of carbonyl (C=O) groups is 1. The highest BCUT2D eigenvalue weighted by Crippen LogP contribution is 2.56. The number of hydrogen-bond acceptors (Lipinski definition) is 2. The smallest absolute Gasteiger partial charge is 0.226 e. The zero-order chi connectivity index (χ0) is 17.1. The van der Waals surface area contributed by atoms with Gasteiger partial charge < -0.3 is 10.6 Å². The molecule has 1 amide bonds. The Morgan fingerprint density at radius 1 is 1.21 bits per heavy atom. The fourth-order valence-electron chi connectivity index (χ4n) is 5.61. The zero-order valence-electron chi connectivity index (χ0n) is 15.2. The minimum atomic E-state index is 0.0932. The van der Waals surface area contributed by atoms with Gasteiger partial charge in [0.05, 0.1) is 0 Å². The molecule has 130 valence electrons. The molecule has 4 rings (SSSR count). The molecular formula is C21H30N2O. The summed E-state index contributed by atoms with van der Waals surface area (Å²) in [7, 11) is 0. The Morgan fingerprint density at radius 3 is 2.67 bits per heavy atom. The van der Waals surface area contributed by atoms with Crippen LogP contribution in [0.15, 0.2) is 24.3 Å². The van der Waals surface area contributed by atoms with Crippen molar-refractivity contribution in [2.45, 2.75) is 70.4 Å². The van der Waals surface area contributed by atoms with Gasteiger partial charge in [-0.1, -0.05) is 45.0 Å². The number of carbonyl (C=O) groups excluding carboxylic acids is 1. The third-order valence-corrected chi connectivity index (χ3v) is 7.61. The van der Waals surface area contributed by atoms with Gasteiger partial charge in [-0.25, -0.2) is 0 Å². The molecular weight excluding hydrogens is 296 g/mol. The number of amides is 1.